The number of furan rings is 1. The molecule has 0 aromatic carbocycles. The minimum absolute atomic E-state index is 0.694. The molecule has 0 aliphatic heterocycles. The van der Waals surface area contributed by atoms with Gasteiger partial charge >= 0.3 is 0 Å². The van der Waals surface area contributed by atoms with Crippen LogP contribution in [0, 0.1) is 11.8 Å². The molecule has 0 bridgehead atoms. The van der Waals surface area contributed by atoms with Crippen LogP contribution in [0.4, 0.5) is 0 Å². The highest BCUT2D eigenvalue weighted by atomic mass is 16.3. The van der Waals surface area contributed by atoms with Gasteiger partial charge in [0.25, 0.3) is 0 Å². The Morgan fingerprint density at radius 1 is 1.47 bits per heavy atom. The molecule has 1 aliphatic carbocycles. The summed E-state index contributed by atoms with van der Waals surface area (Å²) in [7, 11) is 2.05. The zero-order valence-electron chi connectivity index (χ0n) is 9.70. The van der Waals surface area contributed by atoms with Crippen molar-refractivity contribution in [3.05, 3.63) is 24.2 Å². The predicted octanol–water partition coefficient (Wildman–Crippen LogP) is 3.02. The van der Waals surface area contributed by atoms with Crippen LogP contribution in [-0.4, -0.2) is 13.6 Å². The van der Waals surface area contributed by atoms with Crippen LogP contribution in [0.3, 0.4) is 0 Å². The summed E-state index contributed by atoms with van der Waals surface area (Å²) in [6.07, 6.45) is 7.75. The van der Waals surface area contributed by atoms with Gasteiger partial charge in [-0.15, -0.1) is 0 Å². The van der Waals surface area contributed by atoms with Gasteiger partial charge in [-0.2, -0.15) is 0 Å². The summed E-state index contributed by atoms with van der Waals surface area (Å²) in [4.78, 5) is 0. The van der Waals surface area contributed by atoms with Crippen molar-refractivity contribution in [2.24, 2.45) is 11.8 Å². The molecule has 3 unspecified atom stereocenters. The Balaban J connectivity index is 2.09. The molecular weight excluding hydrogens is 186 g/mol. The van der Waals surface area contributed by atoms with E-state index in [2.05, 4.69) is 18.3 Å². The Bertz CT molecular complexity index is 281. The van der Waals surface area contributed by atoms with E-state index in [4.69, 9.17) is 4.42 Å². The lowest BCUT2D eigenvalue weighted by Gasteiger charge is -2.34. The molecule has 15 heavy (non-hydrogen) atoms. The smallest absolute Gasteiger partial charge is 0.0937 e. The number of nitrogens with one attached hydrogen (secondary N) is 1. The second-order valence-electron chi connectivity index (χ2n) is 4.90. The van der Waals surface area contributed by atoms with E-state index in [1.807, 2.05) is 13.3 Å². The molecule has 0 spiro atoms. The van der Waals surface area contributed by atoms with Crippen LogP contribution < -0.4 is 5.32 Å². The Labute approximate surface area is 92.1 Å². The normalized spacial score (nSPS) is 31.7. The minimum atomic E-state index is 0.694. The van der Waals surface area contributed by atoms with Crippen LogP contribution in [0.15, 0.2) is 23.0 Å². The van der Waals surface area contributed by atoms with Crippen molar-refractivity contribution in [3.8, 4) is 0 Å². The lowest BCUT2D eigenvalue weighted by molar-refractivity contribution is 0.244. The highest BCUT2D eigenvalue weighted by Crippen LogP contribution is 2.40. The predicted molar refractivity (Wildman–Crippen MR) is 61.9 cm³/mol. The van der Waals surface area contributed by atoms with E-state index in [0.717, 1.165) is 18.4 Å². The van der Waals surface area contributed by atoms with Gasteiger partial charge in [-0.05, 0) is 55.8 Å². The zero-order valence-corrected chi connectivity index (χ0v) is 9.70. The van der Waals surface area contributed by atoms with Crippen LogP contribution in [0.1, 0.15) is 37.7 Å². The summed E-state index contributed by atoms with van der Waals surface area (Å²) in [6, 6.07) is 2.13. The molecule has 0 amide bonds. The molecule has 2 rings (SSSR count). The third-order valence-electron chi connectivity index (χ3n) is 3.69. The first-order valence-corrected chi connectivity index (χ1v) is 5.98. The highest BCUT2D eigenvalue weighted by molar-refractivity contribution is 5.15. The van der Waals surface area contributed by atoms with E-state index in [9.17, 15) is 0 Å². The maximum atomic E-state index is 5.21. The molecule has 1 heterocycles. The molecule has 1 aromatic rings. The van der Waals surface area contributed by atoms with Gasteiger partial charge < -0.3 is 9.73 Å². The van der Waals surface area contributed by atoms with E-state index in [1.54, 1.807) is 6.26 Å². The van der Waals surface area contributed by atoms with E-state index in [0.29, 0.717) is 5.92 Å². The fraction of sp³-hybridized carbons (Fsp3) is 0.692. The van der Waals surface area contributed by atoms with Crippen LogP contribution in [0.5, 0.6) is 0 Å². The molecule has 2 heteroatoms. The maximum Gasteiger partial charge on any atom is 0.0937 e. The first-order chi connectivity index (χ1) is 7.31. The molecule has 0 saturated heterocycles. The summed E-state index contributed by atoms with van der Waals surface area (Å²) in [5.41, 5.74) is 1.39. The number of hydrogen-bond acceptors (Lipinski definition) is 2. The highest BCUT2D eigenvalue weighted by Gasteiger charge is 2.29. The summed E-state index contributed by atoms with van der Waals surface area (Å²) in [5, 5.41) is 3.31. The van der Waals surface area contributed by atoms with Crippen molar-refractivity contribution in [3.63, 3.8) is 0 Å². The number of rotatable bonds is 3. The first kappa shape index (κ1) is 10.7. The average molecular weight is 207 g/mol. The molecule has 1 aliphatic rings. The summed E-state index contributed by atoms with van der Waals surface area (Å²) >= 11 is 0. The molecule has 1 saturated carbocycles. The van der Waals surface area contributed by atoms with Crippen molar-refractivity contribution in [2.75, 3.05) is 13.6 Å². The SMILES string of the molecule is CNCC1CCC(C)CC1c1ccoc1. The van der Waals surface area contributed by atoms with Gasteiger partial charge in [-0.3, -0.25) is 0 Å². The van der Waals surface area contributed by atoms with Crippen molar-refractivity contribution in [1.29, 1.82) is 0 Å². The molecule has 1 aromatic heterocycles. The summed E-state index contributed by atoms with van der Waals surface area (Å²) in [5.74, 6) is 2.33. The fourth-order valence-corrected chi connectivity index (χ4v) is 2.84. The van der Waals surface area contributed by atoms with Crippen LogP contribution in [0.25, 0.3) is 0 Å². The Hall–Kier alpha value is -0.760. The van der Waals surface area contributed by atoms with Gasteiger partial charge in [-0.1, -0.05) is 13.3 Å². The van der Waals surface area contributed by atoms with Crippen molar-refractivity contribution >= 4 is 0 Å². The molecule has 0 radical (unpaired) electrons. The second kappa shape index (κ2) is 4.84. The van der Waals surface area contributed by atoms with Crippen molar-refractivity contribution in [1.82, 2.24) is 5.32 Å². The van der Waals surface area contributed by atoms with Crippen LogP contribution in [0.2, 0.25) is 0 Å². The van der Waals surface area contributed by atoms with Gasteiger partial charge in [0, 0.05) is 0 Å². The third kappa shape index (κ3) is 2.43. The molecule has 1 N–H and O–H groups in total. The van der Waals surface area contributed by atoms with Crippen molar-refractivity contribution < 1.29 is 4.42 Å². The first-order valence-electron chi connectivity index (χ1n) is 5.98. The van der Waals surface area contributed by atoms with E-state index < -0.39 is 0 Å². The largest absolute Gasteiger partial charge is 0.472 e. The van der Waals surface area contributed by atoms with Crippen LogP contribution >= 0.6 is 0 Å². The standard InChI is InChI=1S/C13H21NO/c1-10-3-4-11(8-14-2)13(7-10)12-5-6-15-9-12/h5-6,9-11,13-14H,3-4,7-8H2,1-2H3. The molecule has 3 atom stereocenters. The Kier molecular flexibility index (Phi) is 3.47. The van der Waals surface area contributed by atoms with Crippen molar-refractivity contribution in [2.45, 2.75) is 32.1 Å². The van der Waals surface area contributed by atoms with Crippen LogP contribution in [-0.2, 0) is 0 Å². The van der Waals surface area contributed by atoms with E-state index >= 15 is 0 Å². The minimum Gasteiger partial charge on any atom is -0.472 e. The van der Waals surface area contributed by atoms with Gasteiger partial charge in [0.05, 0.1) is 12.5 Å². The van der Waals surface area contributed by atoms with E-state index in [1.165, 1.54) is 24.8 Å². The molecule has 84 valence electrons. The van der Waals surface area contributed by atoms with Gasteiger partial charge in [-0.25, -0.2) is 0 Å². The summed E-state index contributed by atoms with van der Waals surface area (Å²) < 4.78 is 5.21. The Morgan fingerprint density at radius 3 is 3.00 bits per heavy atom. The van der Waals surface area contributed by atoms with E-state index in [-0.39, 0.29) is 0 Å². The third-order valence-corrected chi connectivity index (χ3v) is 3.69. The topological polar surface area (TPSA) is 25.2 Å². The monoisotopic (exact) mass is 207 g/mol. The quantitative estimate of drug-likeness (QED) is 0.824. The van der Waals surface area contributed by atoms with Gasteiger partial charge in [0.15, 0.2) is 0 Å². The molecule has 1 fully saturated rings. The van der Waals surface area contributed by atoms with Gasteiger partial charge in [0.1, 0.15) is 0 Å². The summed E-state index contributed by atoms with van der Waals surface area (Å²) in [6.45, 7) is 3.49. The fourth-order valence-electron chi connectivity index (χ4n) is 2.84. The molecule has 2 nitrogen and oxygen atoms in total. The average Bonchev–Trinajstić information content (AvgIpc) is 2.74. The Morgan fingerprint density at radius 2 is 2.33 bits per heavy atom. The van der Waals surface area contributed by atoms with Gasteiger partial charge in [0.2, 0.25) is 0 Å². The lowest BCUT2D eigenvalue weighted by atomic mass is 9.72. The lowest BCUT2D eigenvalue weighted by Crippen LogP contribution is -2.29. The molecular formula is C13H21NO. The second-order valence-corrected chi connectivity index (χ2v) is 4.90. The maximum absolute atomic E-state index is 5.21. The zero-order chi connectivity index (χ0) is 10.7. The number of hydrogen-bond donors (Lipinski definition) is 1.